The molecule has 1 fully saturated rings. The van der Waals surface area contributed by atoms with E-state index in [1.807, 2.05) is 11.3 Å². The minimum atomic E-state index is 0.387. The average Bonchev–Trinajstić information content (AvgIpc) is 2.78. The van der Waals surface area contributed by atoms with Crippen molar-refractivity contribution in [3.8, 4) is 0 Å². The van der Waals surface area contributed by atoms with E-state index in [9.17, 15) is 0 Å². The van der Waals surface area contributed by atoms with Crippen LogP contribution < -0.4 is 11.1 Å². The third-order valence-electron chi connectivity index (χ3n) is 2.93. The summed E-state index contributed by atoms with van der Waals surface area (Å²) in [5.74, 6) is 0. The second kappa shape index (κ2) is 4.91. The van der Waals surface area contributed by atoms with Gasteiger partial charge in [0, 0.05) is 23.5 Å². The van der Waals surface area contributed by atoms with E-state index in [2.05, 4.69) is 22.8 Å². The third kappa shape index (κ3) is 2.56. The topological polar surface area (TPSA) is 38.0 Å². The maximum Gasteiger partial charge on any atom is 0.0219 e. The standard InChI is InChI=1S/C11H18N2S/c12-10-4-1-5-11(10)13-7-6-9-3-2-8-14-9/h2-3,8,10-11,13H,1,4-7,12H2. The molecule has 1 aliphatic rings. The van der Waals surface area contributed by atoms with E-state index in [1.165, 1.54) is 24.1 Å². The molecule has 2 nitrogen and oxygen atoms in total. The van der Waals surface area contributed by atoms with Gasteiger partial charge in [0.1, 0.15) is 0 Å². The van der Waals surface area contributed by atoms with Gasteiger partial charge in [0.05, 0.1) is 0 Å². The number of hydrogen-bond donors (Lipinski definition) is 2. The van der Waals surface area contributed by atoms with Gasteiger partial charge in [-0.15, -0.1) is 11.3 Å². The normalized spacial score (nSPS) is 26.9. The Morgan fingerprint density at radius 3 is 3.07 bits per heavy atom. The quantitative estimate of drug-likeness (QED) is 0.794. The van der Waals surface area contributed by atoms with Gasteiger partial charge in [-0.3, -0.25) is 0 Å². The van der Waals surface area contributed by atoms with Crippen LogP contribution >= 0.6 is 11.3 Å². The summed E-state index contributed by atoms with van der Waals surface area (Å²) < 4.78 is 0. The van der Waals surface area contributed by atoms with Crippen molar-refractivity contribution in [2.75, 3.05) is 6.54 Å². The Morgan fingerprint density at radius 2 is 2.43 bits per heavy atom. The van der Waals surface area contributed by atoms with Crippen LogP contribution in [0.4, 0.5) is 0 Å². The Labute approximate surface area is 89.5 Å². The van der Waals surface area contributed by atoms with Gasteiger partial charge in [0.15, 0.2) is 0 Å². The molecule has 0 aromatic carbocycles. The van der Waals surface area contributed by atoms with Crippen LogP contribution in [-0.2, 0) is 6.42 Å². The lowest BCUT2D eigenvalue weighted by atomic mass is 10.2. The number of nitrogens with one attached hydrogen (secondary N) is 1. The summed E-state index contributed by atoms with van der Waals surface area (Å²) in [5.41, 5.74) is 5.98. The molecule has 14 heavy (non-hydrogen) atoms. The van der Waals surface area contributed by atoms with Crippen LogP contribution in [0.3, 0.4) is 0 Å². The molecule has 1 saturated carbocycles. The lowest BCUT2D eigenvalue weighted by Crippen LogP contribution is -2.41. The fraction of sp³-hybridized carbons (Fsp3) is 0.636. The van der Waals surface area contributed by atoms with Crippen molar-refractivity contribution in [1.29, 1.82) is 0 Å². The van der Waals surface area contributed by atoms with E-state index in [0.29, 0.717) is 12.1 Å². The molecule has 3 heteroatoms. The van der Waals surface area contributed by atoms with Gasteiger partial charge >= 0.3 is 0 Å². The summed E-state index contributed by atoms with van der Waals surface area (Å²) >= 11 is 1.83. The summed E-state index contributed by atoms with van der Waals surface area (Å²) in [6.45, 7) is 1.07. The summed E-state index contributed by atoms with van der Waals surface area (Å²) in [6.07, 6.45) is 4.88. The molecule has 1 aromatic rings. The molecule has 0 amide bonds. The van der Waals surface area contributed by atoms with E-state index in [0.717, 1.165) is 13.0 Å². The first-order chi connectivity index (χ1) is 6.86. The lowest BCUT2D eigenvalue weighted by molar-refractivity contribution is 0.480. The maximum atomic E-state index is 5.98. The van der Waals surface area contributed by atoms with Gasteiger partial charge in [0.25, 0.3) is 0 Å². The average molecular weight is 210 g/mol. The van der Waals surface area contributed by atoms with Gasteiger partial charge in [-0.05, 0) is 30.7 Å². The first-order valence-corrected chi connectivity index (χ1v) is 6.25. The summed E-state index contributed by atoms with van der Waals surface area (Å²) in [4.78, 5) is 1.46. The Balaban J connectivity index is 1.68. The van der Waals surface area contributed by atoms with E-state index >= 15 is 0 Å². The van der Waals surface area contributed by atoms with Crippen LogP contribution in [0.1, 0.15) is 24.1 Å². The molecule has 3 N–H and O–H groups in total. The zero-order valence-electron chi connectivity index (χ0n) is 8.41. The minimum Gasteiger partial charge on any atom is -0.326 e. The van der Waals surface area contributed by atoms with Gasteiger partial charge < -0.3 is 11.1 Å². The monoisotopic (exact) mass is 210 g/mol. The SMILES string of the molecule is NC1CCCC1NCCc1cccs1. The molecule has 78 valence electrons. The molecular weight excluding hydrogens is 192 g/mol. The fourth-order valence-corrected chi connectivity index (χ4v) is 2.79. The molecule has 0 saturated heterocycles. The van der Waals surface area contributed by atoms with Gasteiger partial charge in [-0.25, -0.2) is 0 Å². The van der Waals surface area contributed by atoms with Crippen LogP contribution in [-0.4, -0.2) is 18.6 Å². The largest absolute Gasteiger partial charge is 0.326 e. The highest BCUT2D eigenvalue weighted by atomic mass is 32.1. The lowest BCUT2D eigenvalue weighted by Gasteiger charge is -2.16. The van der Waals surface area contributed by atoms with E-state index in [1.54, 1.807) is 0 Å². The predicted molar refractivity (Wildman–Crippen MR) is 61.6 cm³/mol. The van der Waals surface area contributed by atoms with Crippen LogP contribution in [0, 0.1) is 0 Å². The van der Waals surface area contributed by atoms with Crippen molar-refractivity contribution in [2.24, 2.45) is 5.73 Å². The number of nitrogens with two attached hydrogens (primary N) is 1. The maximum absolute atomic E-state index is 5.98. The van der Waals surface area contributed by atoms with Gasteiger partial charge in [-0.1, -0.05) is 12.5 Å². The molecule has 0 aliphatic heterocycles. The summed E-state index contributed by atoms with van der Waals surface area (Å²) in [6, 6.07) is 5.26. The smallest absolute Gasteiger partial charge is 0.0219 e. The van der Waals surface area contributed by atoms with Crippen molar-refractivity contribution in [2.45, 2.75) is 37.8 Å². The second-order valence-electron chi connectivity index (χ2n) is 3.98. The molecule has 1 aliphatic carbocycles. The second-order valence-corrected chi connectivity index (χ2v) is 5.02. The predicted octanol–water partition coefficient (Wildman–Crippen LogP) is 1.76. The molecule has 2 rings (SSSR count). The first kappa shape index (κ1) is 10.1. The molecule has 1 heterocycles. The van der Waals surface area contributed by atoms with E-state index < -0.39 is 0 Å². The fourth-order valence-electron chi connectivity index (χ4n) is 2.08. The zero-order chi connectivity index (χ0) is 9.80. The Hall–Kier alpha value is -0.380. The van der Waals surface area contributed by atoms with Crippen LogP contribution in [0.2, 0.25) is 0 Å². The number of hydrogen-bond acceptors (Lipinski definition) is 3. The summed E-state index contributed by atoms with van der Waals surface area (Å²) in [7, 11) is 0. The van der Waals surface area contributed by atoms with Crippen molar-refractivity contribution in [1.82, 2.24) is 5.32 Å². The molecule has 2 unspecified atom stereocenters. The van der Waals surface area contributed by atoms with Crippen molar-refractivity contribution in [3.63, 3.8) is 0 Å². The zero-order valence-corrected chi connectivity index (χ0v) is 9.22. The Morgan fingerprint density at radius 1 is 1.50 bits per heavy atom. The molecule has 0 spiro atoms. The Bertz CT molecular complexity index is 258. The summed E-state index contributed by atoms with van der Waals surface area (Å²) in [5, 5.41) is 5.69. The van der Waals surface area contributed by atoms with Gasteiger partial charge in [-0.2, -0.15) is 0 Å². The Kier molecular flexibility index (Phi) is 3.56. The molecule has 0 bridgehead atoms. The third-order valence-corrected chi connectivity index (χ3v) is 3.86. The van der Waals surface area contributed by atoms with Crippen LogP contribution in [0.5, 0.6) is 0 Å². The molecule has 1 aromatic heterocycles. The highest BCUT2D eigenvalue weighted by Gasteiger charge is 2.22. The van der Waals surface area contributed by atoms with Crippen LogP contribution in [0.15, 0.2) is 17.5 Å². The highest BCUT2D eigenvalue weighted by molar-refractivity contribution is 7.09. The molecular formula is C11H18N2S. The highest BCUT2D eigenvalue weighted by Crippen LogP contribution is 2.17. The number of rotatable bonds is 4. The number of thiophene rings is 1. The molecule has 2 atom stereocenters. The van der Waals surface area contributed by atoms with Crippen molar-refractivity contribution in [3.05, 3.63) is 22.4 Å². The first-order valence-electron chi connectivity index (χ1n) is 5.37. The van der Waals surface area contributed by atoms with E-state index in [-0.39, 0.29) is 0 Å². The minimum absolute atomic E-state index is 0.387. The molecule has 0 radical (unpaired) electrons. The van der Waals surface area contributed by atoms with Crippen LogP contribution in [0.25, 0.3) is 0 Å². The van der Waals surface area contributed by atoms with Crippen molar-refractivity contribution < 1.29 is 0 Å². The van der Waals surface area contributed by atoms with Crippen molar-refractivity contribution >= 4 is 11.3 Å². The van der Waals surface area contributed by atoms with Gasteiger partial charge in [0.2, 0.25) is 0 Å². The van der Waals surface area contributed by atoms with E-state index in [4.69, 9.17) is 5.73 Å².